The van der Waals surface area contributed by atoms with E-state index in [1.807, 2.05) is 0 Å². The normalized spacial score (nSPS) is 11.6. The molecule has 0 aliphatic rings. The van der Waals surface area contributed by atoms with Crippen molar-refractivity contribution < 1.29 is 4.79 Å². The van der Waals surface area contributed by atoms with Gasteiger partial charge in [0.25, 0.3) is 0 Å². The second-order valence-corrected chi connectivity index (χ2v) is 3.22. The Labute approximate surface area is 74.2 Å². The van der Waals surface area contributed by atoms with Gasteiger partial charge in [0.05, 0.1) is 0 Å². The van der Waals surface area contributed by atoms with Crippen molar-refractivity contribution in [2.24, 2.45) is 5.92 Å². The number of carbonyl (C=O) groups is 1. The Hall–Kier alpha value is -0.990. The van der Waals surface area contributed by atoms with Gasteiger partial charge >= 0.3 is 0 Å². The van der Waals surface area contributed by atoms with Crippen LogP contribution in [-0.4, -0.2) is 19.5 Å². The van der Waals surface area contributed by atoms with Gasteiger partial charge in [0.1, 0.15) is 0 Å². The molecule has 0 unspecified atom stereocenters. The van der Waals surface area contributed by atoms with Crippen LogP contribution >= 0.6 is 0 Å². The molecule has 3 heteroatoms. The Morgan fingerprint density at radius 2 is 2.08 bits per heavy atom. The quantitative estimate of drug-likeness (QED) is 0.615. The van der Waals surface area contributed by atoms with Crippen molar-refractivity contribution in [2.45, 2.75) is 20.8 Å². The first-order valence-corrected chi connectivity index (χ1v) is 4.20. The van der Waals surface area contributed by atoms with Crippen LogP contribution in [-0.2, 0) is 4.79 Å². The summed E-state index contributed by atoms with van der Waals surface area (Å²) in [5, 5.41) is 5.63. The molecule has 70 valence electrons. The summed E-state index contributed by atoms with van der Waals surface area (Å²) in [6.45, 7) is 6.65. The molecule has 3 nitrogen and oxygen atoms in total. The van der Waals surface area contributed by atoms with E-state index in [0.29, 0.717) is 11.5 Å². The predicted molar refractivity (Wildman–Crippen MR) is 50.7 cm³/mol. The summed E-state index contributed by atoms with van der Waals surface area (Å²) in [4.78, 5) is 11.2. The molecular weight excluding hydrogens is 152 g/mol. The van der Waals surface area contributed by atoms with E-state index < -0.39 is 0 Å². The van der Waals surface area contributed by atoms with Gasteiger partial charge in [-0.3, -0.25) is 4.79 Å². The Morgan fingerprint density at radius 3 is 2.50 bits per heavy atom. The summed E-state index contributed by atoms with van der Waals surface area (Å²) in [5.41, 5.74) is 0.707. The van der Waals surface area contributed by atoms with Gasteiger partial charge in [0, 0.05) is 25.4 Å². The minimum Gasteiger partial charge on any atom is -0.394 e. The van der Waals surface area contributed by atoms with Crippen molar-refractivity contribution >= 4 is 5.91 Å². The fourth-order valence-corrected chi connectivity index (χ4v) is 0.718. The number of hydrogen-bond donors (Lipinski definition) is 2. The van der Waals surface area contributed by atoms with Gasteiger partial charge in [0.15, 0.2) is 0 Å². The summed E-state index contributed by atoms with van der Waals surface area (Å²) in [7, 11) is 1.78. The second kappa shape index (κ2) is 5.63. The smallest absolute Gasteiger partial charge is 0.248 e. The number of rotatable bonds is 4. The highest BCUT2D eigenvalue weighted by molar-refractivity contribution is 5.92. The predicted octanol–water partition coefficient (Wildman–Crippen LogP) is 0.882. The van der Waals surface area contributed by atoms with Crippen LogP contribution in [0, 0.1) is 5.92 Å². The van der Waals surface area contributed by atoms with Crippen LogP contribution in [0.1, 0.15) is 20.8 Å². The van der Waals surface area contributed by atoms with Crippen molar-refractivity contribution in [2.75, 3.05) is 13.6 Å². The fourth-order valence-electron chi connectivity index (χ4n) is 0.718. The van der Waals surface area contributed by atoms with Gasteiger partial charge in [-0.15, -0.1) is 0 Å². The molecule has 0 aromatic carbocycles. The number of carbonyl (C=O) groups excluding carboxylic acids is 1. The van der Waals surface area contributed by atoms with Crippen LogP contribution in [0.15, 0.2) is 11.8 Å². The van der Waals surface area contributed by atoms with Gasteiger partial charge in [0.2, 0.25) is 5.91 Å². The second-order valence-electron chi connectivity index (χ2n) is 3.22. The van der Waals surface area contributed by atoms with Crippen LogP contribution in [0.3, 0.4) is 0 Å². The van der Waals surface area contributed by atoms with Gasteiger partial charge in [-0.05, 0) is 12.8 Å². The summed E-state index contributed by atoms with van der Waals surface area (Å²) >= 11 is 0. The average Bonchev–Trinajstić information content (AvgIpc) is 2.00. The molecule has 0 fully saturated rings. The van der Waals surface area contributed by atoms with Crippen molar-refractivity contribution in [3.05, 3.63) is 11.8 Å². The van der Waals surface area contributed by atoms with E-state index in [-0.39, 0.29) is 5.91 Å². The third-order valence-electron chi connectivity index (χ3n) is 1.39. The molecule has 0 aliphatic heterocycles. The van der Waals surface area contributed by atoms with Crippen LogP contribution in [0.4, 0.5) is 0 Å². The lowest BCUT2D eigenvalue weighted by Crippen LogP contribution is -2.28. The van der Waals surface area contributed by atoms with E-state index in [1.54, 1.807) is 20.2 Å². The van der Waals surface area contributed by atoms with Crippen molar-refractivity contribution in [3.63, 3.8) is 0 Å². The standard InChI is InChI=1S/C9H18N2O/c1-7(2)5-11-9(12)8(3)6-10-4/h6-7,10H,5H2,1-4H3,(H,11,12)/b8-6+. The van der Waals surface area contributed by atoms with E-state index in [1.165, 1.54) is 0 Å². The first kappa shape index (κ1) is 11.0. The monoisotopic (exact) mass is 170 g/mol. The number of hydrogen-bond acceptors (Lipinski definition) is 2. The zero-order valence-electron chi connectivity index (χ0n) is 8.27. The average molecular weight is 170 g/mol. The molecule has 0 aromatic rings. The Morgan fingerprint density at radius 1 is 1.50 bits per heavy atom. The molecule has 0 rings (SSSR count). The fraction of sp³-hybridized carbons (Fsp3) is 0.667. The van der Waals surface area contributed by atoms with E-state index >= 15 is 0 Å². The van der Waals surface area contributed by atoms with Gasteiger partial charge in [-0.1, -0.05) is 13.8 Å². The lowest BCUT2D eigenvalue weighted by molar-refractivity contribution is -0.117. The summed E-state index contributed by atoms with van der Waals surface area (Å²) in [5.74, 6) is 0.495. The van der Waals surface area contributed by atoms with Gasteiger partial charge < -0.3 is 10.6 Å². The maximum Gasteiger partial charge on any atom is 0.248 e. The van der Waals surface area contributed by atoms with Crippen molar-refractivity contribution in [1.82, 2.24) is 10.6 Å². The highest BCUT2D eigenvalue weighted by Gasteiger charge is 2.02. The Balaban J connectivity index is 3.80. The molecule has 0 saturated carbocycles. The maximum atomic E-state index is 11.2. The molecule has 0 saturated heterocycles. The minimum absolute atomic E-state index is 0.00181. The molecule has 12 heavy (non-hydrogen) atoms. The van der Waals surface area contributed by atoms with Crippen LogP contribution in [0.5, 0.6) is 0 Å². The van der Waals surface area contributed by atoms with Gasteiger partial charge in [-0.2, -0.15) is 0 Å². The van der Waals surface area contributed by atoms with Crippen molar-refractivity contribution in [3.8, 4) is 0 Å². The van der Waals surface area contributed by atoms with Crippen molar-refractivity contribution in [1.29, 1.82) is 0 Å². The maximum absolute atomic E-state index is 11.2. The molecule has 0 heterocycles. The molecular formula is C9H18N2O. The summed E-state index contributed by atoms with van der Waals surface area (Å²) < 4.78 is 0. The van der Waals surface area contributed by atoms with E-state index in [0.717, 1.165) is 6.54 Å². The van der Waals surface area contributed by atoms with Crippen LogP contribution in [0.25, 0.3) is 0 Å². The molecule has 1 amide bonds. The zero-order valence-corrected chi connectivity index (χ0v) is 8.27. The molecule has 0 spiro atoms. The largest absolute Gasteiger partial charge is 0.394 e. The van der Waals surface area contributed by atoms with Crippen LogP contribution in [0.2, 0.25) is 0 Å². The lowest BCUT2D eigenvalue weighted by atomic mass is 10.2. The SMILES string of the molecule is CN/C=C(\C)C(=O)NCC(C)C. The Bertz CT molecular complexity index is 173. The van der Waals surface area contributed by atoms with E-state index in [2.05, 4.69) is 24.5 Å². The third-order valence-corrected chi connectivity index (χ3v) is 1.39. The third kappa shape index (κ3) is 4.77. The zero-order chi connectivity index (χ0) is 9.56. The molecule has 0 aromatic heterocycles. The topological polar surface area (TPSA) is 41.1 Å². The first-order valence-electron chi connectivity index (χ1n) is 4.20. The summed E-state index contributed by atoms with van der Waals surface area (Å²) in [6.07, 6.45) is 1.69. The lowest BCUT2D eigenvalue weighted by Gasteiger charge is -2.07. The van der Waals surface area contributed by atoms with Crippen LogP contribution < -0.4 is 10.6 Å². The van der Waals surface area contributed by atoms with E-state index in [4.69, 9.17) is 0 Å². The molecule has 0 radical (unpaired) electrons. The molecule has 0 bridgehead atoms. The highest BCUT2D eigenvalue weighted by atomic mass is 16.1. The molecule has 2 N–H and O–H groups in total. The summed E-state index contributed by atoms with van der Waals surface area (Å²) in [6, 6.07) is 0. The molecule has 0 aliphatic carbocycles. The van der Waals surface area contributed by atoms with Gasteiger partial charge in [-0.25, -0.2) is 0 Å². The number of amides is 1. The Kier molecular flexibility index (Phi) is 5.17. The van der Waals surface area contributed by atoms with E-state index in [9.17, 15) is 4.79 Å². The molecule has 0 atom stereocenters. The minimum atomic E-state index is -0.00181. The highest BCUT2D eigenvalue weighted by Crippen LogP contribution is 1.92. The first-order chi connectivity index (χ1) is 5.57. The number of nitrogens with one attached hydrogen (secondary N) is 2.